The van der Waals surface area contributed by atoms with Gasteiger partial charge in [0.25, 0.3) is 0 Å². The number of carbonyl (C=O) groups excluding carboxylic acids is 1. The van der Waals surface area contributed by atoms with Crippen LogP contribution >= 0.6 is 0 Å². The van der Waals surface area contributed by atoms with Gasteiger partial charge >= 0.3 is 5.97 Å². The second kappa shape index (κ2) is 6.14. The molecule has 0 amide bonds. The lowest BCUT2D eigenvalue weighted by Gasteiger charge is -2.16. The van der Waals surface area contributed by atoms with Crippen LogP contribution in [-0.4, -0.2) is 33.9 Å². The number of hydrazine groups is 1. The van der Waals surface area contributed by atoms with Gasteiger partial charge in [0.1, 0.15) is 11.9 Å². The Bertz CT molecular complexity index is 368. The number of nitrogens with one attached hydrogen (secondary N) is 1. The van der Waals surface area contributed by atoms with Gasteiger partial charge < -0.3 is 20.4 Å². The van der Waals surface area contributed by atoms with E-state index in [0.717, 1.165) is 0 Å². The maximum absolute atomic E-state index is 11.2. The van der Waals surface area contributed by atoms with E-state index in [4.69, 9.17) is 5.84 Å². The number of anilines is 1. The number of hydrogen-bond donors (Lipinski definition) is 4. The molecule has 1 aromatic rings. The molecule has 1 heterocycles. The Morgan fingerprint density at radius 1 is 1.59 bits per heavy atom. The molecular weight excluding hydrogens is 226 g/mol. The molecule has 94 valence electrons. The molecule has 0 aliphatic rings. The van der Waals surface area contributed by atoms with Crippen LogP contribution in [0.15, 0.2) is 18.3 Å². The van der Waals surface area contributed by atoms with Gasteiger partial charge in [-0.15, -0.1) is 0 Å². The Kier molecular flexibility index (Phi) is 4.83. The fourth-order valence-corrected chi connectivity index (χ4v) is 1.20. The minimum atomic E-state index is -1.63. The lowest BCUT2D eigenvalue weighted by molar-refractivity contribution is -0.159. The zero-order chi connectivity index (χ0) is 12.8. The number of aliphatic hydroxyl groups excluding tert-OH is 2. The van der Waals surface area contributed by atoms with Gasteiger partial charge in [-0.2, -0.15) is 0 Å². The molecule has 0 bridgehead atoms. The monoisotopic (exact) mass is 241 g/mol. The largest absolute Gasteiger partial charge is 0.464 e. The highest BCUT2D eigenvalue weighted by molar-refractivity contribution is 5.75. The molecule has 0 saturated carbocycles. The molecule has 0 aromatic carbocycles. The average molecular weight is 241 g/mol. The van der Waals surface area contributed by atoms with Gasteiger partial charge in [0.2, 0.25) is 0 Å². The van der Waals surface area contributed by atoms with Crippen molar-refractivity contribution in [3.63, 3.8) is 0 Å². The maximum atomic E-state index is 11.2. The number of carbonyl (C=O) groups is 1. The molecule has 0 fully saturated rings. The van der Waals surface area contributed by atoms with Crippen LogP contribution in [-0.2, 0) is 9.53 Å². The summed E-state index contributed by atoms with van der Waals surface area (Å²) >= 11 is 0. The number of nitrogens with zero attached hydrogens (tertiary/aromatic N) is 1. The van der Waals surface area contributed by atoms with Crippen LogP contribution in [0.2, 0.25) is 0 Å². The molecule has 0 spiro atoms. The number of ether oxygens (including phenoxy) is 1. The summed E-state index contributed by atoms with van der Waals surface area (Å²) in [5.74, 6) is 4.66. The summed E-state index contributed by atoms with van der Waals surface area (Å²) < 4.78 is 4.59. The fraction of sp³-hybridized carbons (Fsp3) is 0.400. The van der Waals surface area contributed by atoms with Crippen molar-refractivity contribution in [1.82, 2.24) is 4.98 Å². The van der Waals surface area contributed by atoms with Crippen molar-refractivity contribution in [3.05, 3.63) is 23.9 Å². The lowest BCUT2D eigenvalue weighted by Crippen LogP contribution is -2.30. The van der Waals surface area contributed by atoms with Gasteiger partial charge in [-0.05, 0) is 13.0 Å². The molecule has 0 radical (unpaired) electrons. The van der Waals surface area contributed by atoms with E-state index in [0.29, 0.717) is 11.4 Å². The smallest absolute Gasteiger partial charge is 0.338 e. The predicted molar refractivity (Wildman–Crippen MR) is 59.6 cm³/mol. The Labute approximate surface area is 98.2 Å². The molecule has 7 nitrogen and oxygen atoms in total. The first-order chi connectivity index (χ1) is 8.10. The van der Waals surface area contributed by atoms with Crippen molar-refractivity contribution in [1.29, 1.82) is 0 Å². The highest BCUT2D eigenvalue weighted by atomic mass is 16.5. The van der Waals surface area contributed by atoms with Gasteiger partial charge in [-0.25, -0.2) is 15.6 Å². The molecule has 1 rings (SSSR count). The summed E-state index contributed by atoms with van der Waals surface area (Å²) in [6, 6.07) is 3.01. The number of pyridine rings is 1. The van der Waals surface area contributed by atoms with Crippen LogP contribution in [0.3, 0.4) is 0 Å². The highest BCUT2D eigenvalue weighted by Gasteiger charge is 2.27. The summed E-state index contributed by atoms with van der Waals surface area (Å²) in [4.78, 5) is 15.0. The molecule has 2 atom stereocenters. The summed E-state index contributed by atoms with van der Waals surface area (Å²) in [6.07, 6.45) is -1.70. The van der Waals surface area contributed by atoms with Crippen LogP contribution in [0.25, 0.3) is 0 Å². The Morgan fingerprint density at radius 2 is 2.29 bits per heavy atom. The predicted octanol–water partition coefficient (Wildman–Crippen LogP) is -0.675. The van der Waals surface area contributed by atoms with E-state index in [-0.39, 0.29) is 6.61 Å². The average Bonchev–Trinajstić information content (AvgIpc) is 2.37. The third kappa shape index (κ3) is 3.38. The number of nitrogens with two attached hydrogens (primary N) is 1. The van der Waals surface area contributed by atoms with Crippen molar-refractivity contribution in [2.24, 2.45) is 5.84 Å². The van der Waals surface area contributed by atoms with Crippen LogP contribution in [0.5, 0.6) is 0 Å². The lowest BCUT2D eigenvalue weighted by atomic mass is 10.1. The van der Waals surface area contributed by atoms with Crippen molar-refractivity contribution < 1.29 is 19.7 Å². The molecular formula is C10H15N3O4. The van der Waals surface area contributed by atoms with Crippen molar-refractivity contribution >= 4 is 11.8 Å². The van der Waals surface area contributed by atoms with Crippen LogP contribution in [0.4, 0.5) is 5.82 Å². The van der Waals surface area contributed by atoms with Gasteiger partial charge in [-0.3, -0.25) is 0 Å². The van der Waals surface area contributed by atoms with Crippen molar-refractivity contribution in [2.75, 3.05) is 12.0 Å². The molecule has 0 aliphatic carbocycles. The van der Waals surface area contributed by atoms with E-state index < -0.39 is 18.2 Å². The third-order valence-corrected chi connectivity index (χ3v) is 2.10. The first-order valence-electron chi connectivity index (χ1n) is 5.05. The molecule has 2 unspecified atom stereocenters. The van der Waals surface area contributed by atoms with E-state index in [1.165, 1.54) is 18.3 Å². The first kappa shape index (κ1) is 13.4. The van der Waals surface area contributed by atoms with Gasteiger partial charge in [0.05, 0.1) is 6.61 Å². The van der Waals surface area contributed by atoms with Crippen molar-refractivity contribution in [2.45, 2.75) is 19.1 Å². The summed E-state index contributed by atoms with van der Waals surface area (Å²) in [6.45, 7) is 1.75. The third-order valence-electron chi connectivity index (χ3n) is 2.10. The minimum Gasteiger partial charge on any atom is -0.464 e. The van der Waals surface area contributed by atoms with Crippen molar-refractivity contribution in [3.8, 4) is 0 Å². The molecule has 0 saturated heterocycles. The van der Waals surface area contributed by atoms with Gasteiger partial charge in [0, 0.05) is 11.8 Å². The minimum absolute atomic E-state index is 0.136. The highest BCUT2D eigenvalue weighted by Crippen LogP contribution is 2.18. The zero-order valence-electron chi connectivity index (χ0n) is 9.33. The summed E-state index contributed by atoms with van der Waals surface area (Å²) in [5.41, 5.74) is 2.61. The molecule has 1 aromatic heterocycles. The number of aliphatic hydroxyl groups is 2. The molecule has 7 heteroatoms. The van der Waals surface area contributed by atoms with Crippen LogP contribution < -0.4 is 11.3 Å². The Hall–Kier alpha value is -1.70. The standard InChI is InChI=1S/C10H15N3O4/c1-2-17-10(16)9(15)8(14)6-3-4-7(13-11)12-5-6/h3-5,8-9,14-15H,2,11H2,1H3,(H,12,13). The number of rotatable bonds is 5. The van der Waals surface area contributed by atoms with E-state index in [9.17, 15) is 15.0 Å². The SMILES string of the molecule is CCOC(=O)C(O)C(O)c1ccc(NN)nc1. The topological polar surface area (TPSA) is 118 Å². The Balaban J connectivity index is 2.73. The van der Waals surface area contributed by atoms with Crippen LogP contribution in [0.1, 0.15) is 18.6 Å². The molecule has 5 N–H and O–H groups in total. The second-order valence-corrected chi connectivity index (χ2v) is 3.26. The second-order valence-electron chi connectivity index (χ2n) is 3.26. The quantitative estimate of drug-likeness (QED) is 0.306. The van der Waals surface area contributed by atoms with E-state index >= 15 is 0 Å². The molecule has 0 aliphatic heterocycles. The van der Waals surface area contributed by atoms with E-state index in [1.54, 1.807) is 6.92 Å². The first-order valence-corrected chi connectivity index (χ1v) is 5.05. The normalized spacial score (nSPS) is 13.9. The Morgan fingerprint density at radius 3 is 2.76 bits per heavy atom. The number of nitrogen functional groups attached to an aromatic ring is 1. The van der Waals surface area contributed by atoms with Gasteiger partial charge in [0.15, 0.2) is 6.10 Å². The number of hydrogen-bond acceptors (Lipinski definition) is 7. The maximum Gasteiger partial charge on any atom is 0.338 e. The molecule has 17 heavy (non-hydrogen) atoms. The van der Waals surface area contributed by atoms with Gasteiger partial charge in [-0.1, -0.05) is 6.07 Å². The summed E-state index contributed by atoms with van der Waals surface area (Å²) in [5, 5.41) is 19.2. The number of aromatic nitrogens is 1. The summed E-state index contributed by atoms with van der Waals surface area (Å²) in [7, 11) is 0. The zero-order valence-corrected chi connectivity index (χ0v) is 9.33. The van der Waals surface area contributed by atoms with Crippen LogP contribution in [0, 0.1) is 0 Å². The fourth-order valence-electron chi connectivity index (χ4n) is 1.20. The van der Waals surface area contributed by atoms with E-state index in [2.05, 4.69) is 15.1 Å². The van der Waals surface area contributed by atoms with E-state index in [1.807, 2.05) is 0 Å². The number of esters is 1.